The number of para-hydroxylation sites is 2. The summed E-state index contributed by atoms with van der Waals surface area (Å²) in [7, 11) is 0. The number of hydrogen-bond donors (Lipinski definition) is 3. The maximum absolute atomic E-state index is 12.3. The number of fused-ring (bicyclic) bond motifs is 1. The fourth-order valence-corrected chi connectivity index (χ4v) is 5.41. The van der Waals surface area contributed by atoms with Gasteiger partial charge in [0.25, 0.3) is 0 Å². The molecule has 1 aliphatic rings. The molecule has 0 radical (unpaired) electrons. The molecule has 9 nitrogen and oxygen atoms in total. The fourth-order valence-electron chi connectivity index (χ4n) is 5.41. The zero-order valence-corrected chi connectivity index (χ0v) is 24.2. The summed E-state index contributed by atoms with van der Waals surface area (Å²) in [4.78, 5) is 27.4. The number of carbonyl (C=O) groups is 2. The van der Waals surface area contributed by atoms with E-state index in [1.807, 2.05) is 73.1 Å². The number of hydrogen-bond acceptors (Lipinski definition) is 6. The Labute approximate surface area is 251 Å². The van der Waals surface area contributed by atoms with E-state index in [2.05, 4.69) is 20.9 Å². The number of unbranched alkanes of at least 4 members (excludes halogenated alkanes) is 3. The minimum atomic E-state index is -0.776. The summed E-state index contributed by atoms with van der Waals surface area (Å²) in [6.07, 6.45) is 5.33. The summed E-state index contributed by atoms with van der Waals surface area (Å²) >= 11 is 0. The summed E-state index contributed by atoms with van der Waals surface area (Å²) < 4.78 is 15.1. The van der Waals surface area contributed by atoms with Gasteiger partial charge in [0.2, 0.25) is 5.91 Å². The number of carbonyl (C=O) groups excluding carboxylic acids is 1. The summed E-state index contributed by atoms with van der Waals surface area (Å²) in [6.45, 7) is 1.06. The second-order valence-corrected chi connectivity index (χ2v) is 11.1. The molecule has 1 aliphatic heterocycles. The predicted octanol–water partition coefficient (Wildman–Crippen LogP) is 5.82. The first-order chi connectivity index (χ1) is 21.0. The van der Waals surface area contributed by atoms with Crippen LogP contribution >= 0.6 is 0 Å². The molecular formula is C34H39N3O6. The van der Waals surface area contributed by atoms with Crippen LogP contribution in [-0.2, 0) is 38.8 Å². The van der Waals surface area contributed by atoms with Crippen LogP contribution < -0.4 is 5.32 Å². The van der Waals surface area contributed by atoms with Crippen molar-refractivity contribution >= 4 is 22.9 Å². The van der Waals surface area contributed by atoms with Crippen molar-refractivity contribution in [3.63, 3.8) is 0 Å². The SMILES string of the molecule is O=C(O)CCCCCCC(=O)NCc1ccc([C@H]2O[C@@H](Cn3cnc4ccccc43)C[C@@H](c3ccc(CO)cc3)O2)cc1. The van der Waals surface area contributed by atoms with Gasteiger partial charge in [-0.25, -0.2) is 4.98 Å². The number of aliphatic hydroxyl groups excluding tert-OH is 1. The third kappa shape index (κ3) is 8.50. The minimum absolute atomic E-state index is 0.00469. The Morgan fingerprint density at radius 1 is 0.860 bits per heavy atom. The van der Waals surface area contributed by atoms with Gasteiger partial charge < -0.3 is 29.6 Å². The maximum Gasteiger partial charge on any atom is 0.303 e. The van der Waals surface area contributed by atoms with Gasteiger partial charge in [-0.2, -0.15) is 0 Å². The summed E-state index contributed by atoms with van der Waals surface area (Å²) in [6, 6.07) is 23.8. The van der Waals surface area contributed by atoms with E-state index in [-0.39, 0.29) is 31.1 Å². The van der Waals surface area contributed by atoms with Gasteiger partial charge in [-0.1, -0.05) is 73.5 Å². The van der Waals surface area contributed by atoms with Crippen molar-refractivity contribution in [1.29, 1.82) is 0 Å². The van der Waals surface area contributed by atoms with E-state index in [0.717, 1.165) is 52.5 Å². The number of aromatic nitrogens is 2. The number of amides is 1. The number of ether oxygens (including phenoxy) is 2. The number of benzene rings is 3. The lowest BCUT2D eigenvalue weighted by atomic mass is 9.99. The lowest BCUT2D eigenvalue weighted by molar-refractivity contribution is -0.252. The molecule has 2 heterocycles. The van der Waals surface area contributed by atoms with Crippen molar-refractivity contribution < 1.29 is 29.3 Å². The third-order valence-electron chi connectivity index (χ3n) is 7.83. The molecule has 43 heavy (non-hydrogen) atoms. The minimum Gasteiger partial charge on any atom is -0.481 e. The number of carboxylic acids is 1. The van der Waals surface area contributed by atoms with Gasteiger partial charge in [0.1, 0.15) is 0 Å². The monoisotopic (exact) mass is 585 g/mol. The molecule has 0 aliphatic carbocycles. The predicted molar refractivity (Wildman–Crippen MR) is 162 cm³/mol. The molecule has 1 fully saturated rings. The molecule has 5 rings (SSSR count). The molecule has 0 unspecified atom stereocenters. The first-order valence-electron chi connectivity index (χ1n) is 15.0. The molecule has 1 amide bonds. The van der Waals surface area contributed by atoms with Gasteiger partial charge >= 0.3 is 5.97 Å². The first kappa shape index (κ1) is 30.4. The average Bonchev–Trinajstić information content (AvgIpc) is 3.44. The standard InChI is InChI=1S/C34H39N3O6/c38-22-25-13-15-26(16-14-25)31-19-28(21-37-23-36-29-7-5-6-8-30(29)37)42-34(43-31)27-17-11-24(12-18-27)20-35-32(39)9-3-1-2-4-10-33(40)41/h5-8,11-18,23,28,31,34,38H,1-4,9-10,19-22H2,(H,35,39)(H,40,41)/t28-,31+,34+/m1/s1. The number of aliphatic hydroxyl groups is 1. The molecule has 3 atom stereocenters. The van der Waals surface area contributed by atoms with E-state index in [0.29, 0.717) is 32.4 Å². The highest BCUT2D eigenvalue weighted by molar-refractivity contribution is 5.76. The van der Waals surface area contributed by atoms with Crippen LogP contribution in [0.25, 0.3) is 11.0 Å². The summed E-state index contributed by atoms with van der Waals surface area (Å²) in [5.41, 5.74) is 5.77. The highest BCUT2D eigenvalue weighted by Crippen LogP contribution is 2.38. The van der Waals surface area contributed by atoms with Crippen LogP contribution in [0.2, 0.25) is 0 Å². The number of rotatable bonds is 14. The van der Waals surface area contributed by atoms with Crippen LogP contribution in [0.3, 0.4) is 0 Å². The highest BCUT2D eigenvalue weighted by atomic mass is 16.7. The van der Waals surface area contributed by atoms with Crippen LogP contribution in [-0.4, -0.2) is 37.7 Å². The van der Waals surface area contributed by atoms with Crippen molar-refractivity contribution in [3.8, 4) is 0 Å². The Balaban J connectivity index is 1.20. The van der Waals surface area contributed by atoms with Gasteiger partial charge in [-0.3, -0.25) is 9.59 Å². The summed E-state index contributed by atoms with van der Waals surface area (Å²) in [5, 5.41) is 21.1. The smallest absolute Gasteiger partial charge is 0.303 e. The van der Waals surface area contributed by atoms with Crippen LogP contribution in [0.1, 0.15) is 79.6 Å². The molecular weight excluding hydrogens is 546 g/mol. The molecule has 0 bridgehead atoms. The number of aliphatic carboxylic acids is 1. The van der Waals surface area contributed by atoms with Gasteiger partial charge in [-0.15, -0.1) is 0 Å². The zero-order valence-electron chi connectivity index (χ0n) is 24.2. The van der Waals surface area contributed by atoms with Gasteiger partial charge in [-0.05, 0) is 41.7 Å². The number of imidazole rings is 1. The van der Waals surface area contributed by atoms with Gasteiger partial charge in [0, 0.05) is 31.4 Å². The van der Waals surface area contributed by atoms with Crippen molar-refractivity contribution in [2.24, 2.45) is 0 Å². The lowest BCUT2D eigenvalue weighted by Gasteiger charge is -2.36. The van der Waals surface area contributed by atoms with Gasteiger partial charge in [0.05, 0.1) is 42.7 Å². The van der Waals surface area contributed by atoms with Crippen LogP contribution in [0.15, 0.2) is 79.1 Å². The molecule has 1 aromatic heterocycles. The topological polar surface area (TPSA) is 123 Å². The molecule has 4 aromatic rings. The zero-order chi connectivity index (χ0) is 30.0. The Morgan fingerprint density at radius 2 is 1.56 bits per heavy atom. The third-order valence-corrected chi connectivity index (χ3v) is 7.83. The van der Waals surface area contributed by atoms with Crippen molar-refractivity contribution in [1.82, 2.24) is 14.9 Å². The van der Waals surface area contributed by atoms with E-state index in [4.69, 9.17) is 14.6 Å². The summed E-state index contributed by atoms with van der Waals surface area (Å²) in [5.74, 6) is -0.784. The van der Waals surface area contributed by atoms with E-state index < -0.39 is 12.3 Å². The maximum atomic E-state index is 12.3. The number of carboxylic acid groups (broad SMARTS) is 1. The Hall–Kier alpha value is -4.05. The normalized spacial score (nSPS) is 18.5. The van der Waals surface area contributed by atoms with Crippen LogP contribution in [0, 0.1) is 0 Å². The molecule has 226 valence electrons. The van der Waals surface area contributed by atoms with Crippen LogP contribution in [0.5, 0.6) is 0 Å². The molecule has 0 saturated carbocycles. The largest absolute Gasteiger partial charge is 0.481 e. The highest BCUT2D eigenvalue weighted by Gasteiger charge is 2.32. The van der Waals surface area contributed by atoms with Crippen LogP contribution in [0.4, 0.5) is 0 Å². The molecule has 3 N–H and O–H groups in total. The number of nitrogens with one attached hydrogen (secondary N) is 1. The van der Waals surface area contributed by atoms with E-state index in [9.17, 15) is 14.7 Å². The fraction of sp³-hybridized carbons (Fsp3) is 0.382. The van der Waals surface area contributed by atoms with Gasteiger partial charge in [0.15, 0.2) is 6.29 Å². The van der Waals surface area contributed by atoms with E-state index in [1.54, 1.807) is 0 Å². The lowest BCUT2D eigenvalue weighted by Crippen LogP contribution is -2.32. The molecule has 3 aromatic carbocycles. The number of nitrogens with zero attached hydrogens (tertiary/aromatic N) is 2. The first-order valence-corrected chi connectivity index (χ1v) is 15.0. The molecule has 9 heteroatoms. The van der Waals surface area contributed by atoms with Crippen molar-refractivity contribution in [2.75, 3.05) is 0 Å². The molecule has 0 spiro atoms. The van der Waals surface area contributed by atoms with Crippen molar-refractivity contribution in [3.05, 3.63) is 101 Å². The Kier molecular flexibility index (Phi) is 10.5. The Morgan fingerprint density at radius 3 is 2.30 bits per heavy atom. The Bertz CT molecular complexity index is 1480. The molecule has 1 saturated heterocycles. The van der Waals surface area contributed by atoms with E-state index >= 15 is 0 Å². The second-order valence-electron chi connectivity index (χ2n) is 11.1. The van der Waals surface area contributed by atoms with Crippen molar-refractivity contribution in [2.45, 2.75) is 83.1 Å². The second kappa shape index (κ2) is 14.9. The quantitative estimate of drug-likeness (QED) is 0.160. The van der Waals surface area contributed by atoms with E-state index in [1.165, 1.54) is 0 Å². The average molecular weight is 586 g/mol.